The SMILES string of the molecule is COc1cccc(-c2c(CCN)nc3ccc(F)cn23)c1. The van der Waals surface area contributed by atoms with Crippen LogP contribution in [0.15, 0.2) is 42.6 Å². The van der Waals surface area contributed by atoms with E-state index >= 15 is 0 Å². The number of benzene rings is 1. The van der Waals surface area contributed by atoms with Crippen LogP contribution in [0.3, 0.4) is 0 Å². The van der Waals surface area contributed by atoms with E-state index in [1.807, 2.05) is 24.3 Å². The fraction of sp³-hybridized carbons (Fsp3) is 0.188. The molecule has 0 bridgehead atoms. The third-order valence-electron chi connectivity index (χ3n) is 3.38. The first-order chi connectivity index (χ1) is 10.2. The van der Waals surface area contributed by atoms with E-state index < -0.39 is 0 Å². The van der Waals surface area contributed by atoms with Crippen LogP contribution >= 0.6 is 0 Å². The smallest absolute Gasteiger partial charge is 0.139 e. The molecule has 3 aromatic rings. The van der Waals surface area contributed by atoms with Crippen LogP contribution in [0.2, 0.25) is 0 Å². The van der Waals surface area contributed by atoms with Crippen LogP contribution in [0.5, 0.6) is 5.75 Å². The molecule has 4 nitrogen and oxygen atoms in total. The van der Waals surface area contributed by atoms with E-state index in [4.69, 9.17) is 10.5 Å². The van der Waals surface area contributed by atoms with Crippen molar-refractivity contribution < 1.29 is 9.13 Å². The predicted octanol–water partition coefficient (Wildman–Crippen LogP) is 2.65. The van der Waals surface area contributed by atoms with Gasteiger partial charge in [0.05, 0.1) is 18.5 Å². The van der Waals surface area contributed by atoms with Gasteiger partial charge in [0.15, 0.2) is 0 Å². The molecule has 0 amide bonds. The number of rotatable bonds is 4. The van der Waals surface area contributed by atoms with Crippen molar-refractivity contribution in [2.24, 2.45) is 5.73 Å². The monoisotopic (exact) mass is 285 g/mol. The molecule has 1 aromatic carbocycles. The van der Waals surface area contributed by atoms with Gasteiger partial charge in [-0.25, -0.2) is 9.37 Å². The fourth-order valence-corrected chi connectivity index (χ4v) is 2.45. The summed E-state index contributed by atoms with van der Waals surface area (Å²) in [6.45, 7) is 0.489. The van der Waals surface area contributed by atoms with Crippen LogP contribution in [0.1, 0.15) is 5.69 Å². The minimum absolute atomic E-state index is 0.302. The standard InChI is InChI=1S/C16H16FN3O/c1-21-13-4-2-3-11(9-13)16-14(7-8-18)19-15-6-5-12(17)10-20(15)16/h2-6,9-10H,7-8,18H2,1H3. The summed E-state index contributed by atoms with van der Waals surface area (Å²) < 4.78 is 20.6. The molecule has 5 heteroatoms. The van der Waals surface area contributed by atoms with Gasteiger partial charge in [-0.3, -0.25) is 4.40 Å². The summed E-state index contributed by atoms with van der Waals surface area (Å²) in [6, 6.07) is 10.7. The number of aromatic nitrogens is 2. The van der Waals surface area contributed by atoms with Crippen molar-refractivity contribution in [3.05, 3.63) is 54.1 Å². The Morgan fingerprint density at radius 2 is 2.14 bits per heavy atom. The van der Waals surface area contributed by atoms with E-state index in [0.29, 0.717) is 18.6 Å². The summed E-state index contributed by atoms with van der Waals surface area (Å²) in [7, 11) is 1.62. The van der Waals surface area contributed by atoms with Crippen LogP contribution in [0.4, 0.5) is 4.39 Å². The number of methoxy groups -OCH3 is 1. The van der Waals surface area contributed by atoms with Crippen molar-refractivity contribution in [2.45, 2.75) is 6.42 Å². The van der Waals surface area contributed by atoms with Gasteiger partial charge in [0.2, 0.25) is 0 Å². The zero-order valence-corrected chi connectivity index (χ0v) is 11.7. The normalized spacial score (nSPS) is 11.0. The van der Waals surface area contributed by atoms with Crippen molar-refractivity contribution in [1.82, 2.24) is 9.38 Å². The second-order valence-corrected chi connectivity index (χ2v) is 4.75. The molecule has 0 spiro atoms. The molecule has 0 radical (unpaired) electrons. The van der Waals surface area contributed by atoms with Gasteiger partial charge >= 0.3 is 0 Å². The number of nitrogens with zero attached hydrogens (tertiary/aromatic N) is 2. The van der Waals surface area contributed by atoms with Gasteiger partial charge in [-0.15, -0.1) is 0 Å². The molecule has 0 aliphatic carbocycles. The summed E-state index contributed by atoms with van der Waals surface area (Å²) in [5, 5.41) is 0. The van der Waals surface area contributed by atoms with E-state index in [9.17, 15) is 4.39 Å². The Hall–Kier alpha value is -2.40. The second kappa shape index (κ2) is 5.54. The van der Waals surface area contributed by atoms with Gasteiger partial charge in [0.25, 0.3) is 0 Å². The van der Waals surface area contributed by atoms with Crippen molar-refractivity contribution in [3.63, 3.8) is 0 Å². The number of hydrogen-bond donors (Lipinski definition) is 1. The average molecular weight is 285 g/mol. The number of hydrogen-bond acceptors (Lipinski definition) is 3. The molecule has 3 rings (SSSR count). The molecule has 0 aliphatic heterocycles. The topological polar surface area (TPSA) is 52.5 Å². The Kier molecular flexibility index (Phi) is 3.58. The second-order valence-electron chi connectivity index (χ2n) is 4.75. The Labute approximate surface area is 122 Å². The number of fused-ring (bicyclic) bond motifs is 1. The van der Waals surface area contributed by atoms with Gasteiger partial charge in [-0.2, -0.15) is 0 Å². The molecule has 0 saturated carbocycles. The molecule has 0 unspecified atom stereocenters. The zero-order valence-electron chi connectivity index (χ0n) is 11.7. The van der Waals surface area contributed by atoms with E-state index in [1.165, 1.54) is 12.3 Å². The Morgan fingerprint density at radius 3 is 2.90 bits per heavy atom. The van der Waals surface area contributed by atoms with E-state index in [1.54, 1.807) is 17.6 Å². The summed E-state index contributed by atoms with van der Waals surface area (Å²) in [5.74, 6) is 0.445. The molecular formula is C16H16FN3O. The number of pyridine rings is 1. The van der Waals surface area contributed by atoms with Crippen LogP contribution in [0, 0.1) is 5.82 Å². The minimum Gasteiger partial charge on any atom is -0.497 e. The van der Waals surface area contributed by atoms with Crippen LogP contribution < -0.4 is 10.5 Å². The highest BCUT2D eigenvalue weighted by molar-refractivity contribution is 5.68. The van der Waals surface area contributed by atoms with E-state index in [0.717, 1.165) is 22.7 Å². The average Bonchev–Trinajstić information content (AvgIpc) is 2.85. The van der Waals surface area contributed by atoms with Gasteiger partial charge in [0, 0.05) is 18.2 Å². The van der Waals surface area contributed by atoms with Crippen molar-refractivity contribution in [2.75, 3.05) is 13.7 Å². The van der Waals surface area contributed by atoms with Crippen molar-refractivity contribution >= 4 is 5.65 Å². The lowest BCUT2D eigenvalue weighted by Gasteiger charge is -2.07. The summed E-state index contributed by atoms with van der Waals surface area (Å²) in [6.07, 6.45) is 2.08. The van der Waals surface area contributed by atoms with Crippen LogP contribution in [-0.4, -0.2) is 23.0 Å². The highest BCUT2D eigenvalue weighted by atomic mass is 19.1. The molecule has 2 aromatic heterocycles. The molecule has 0 aliphatic rings. The van der Waals surface area contributed by atoms with Crippen molar-refractivity contribution in [1.29, 1.82) is 0 Å². The first-order valence-electron chi connectivity index (χ1n) is 6.74. The van der Waals surface area contributed by atoms with E-state index in [2.05, 4.69) is 4.98 Å². The Morgan fingerprint density at radius 1 is 1.29 bits per heavy atom. The Bertz CT molecular complexity index is 782. The lowest BCUT2D eigenvalue weighted by atomic mass is 10.1. The van der Waals surface area contributed by atoms with Gasteiger partial charge in [-0.1, -0.05) is 12.1 Å². The molecule has 0 atom stereocenters. The van der Waals surface area contributed by atoms with Gasteiger partial charge in [0.1, 0.15) is 17.2 Å². The minimum atomic E-state index is -0.302. The number of imidazole rings is 1. The molecule has 2 N–H and O–H groups in total. The first-order valence-corrected chi connectivity index (χ1v) is 6.74. The summed E-state index contributed by atoms with van der Waals surface area (Å²) in [5.41, 5.74) is 9.01. The molecule has 108 valence electrons. The number of ether oxygens (including phenoxy) is 1. The molecular weight excluding hydrogens is 269 g/mol. The van der Waals surface area contributed by atoms with Gasteiger partial charge in [-0.05, 0) is 30.8 Å². The highest BCUT2D eigenvalue weighted by Crippen LogP contribution is 2.28. The maximum atomic E-state index is 13.6. The van der Waals surface area contributed by atoms with Crippen LogP contribution in [-0.2, 0) is 6.42 Å². The maximum Gasteiger partial charge on any atom is 0.139 e. The summed E-state index contributed by atoms with van der Waals surface area (Å²) in [4.78, 5) is 4.55. The summed E-state index contributed by atoms with van der Waals surface area (Å²) >= 11 is 0. The quantitative estimate of drug-likeness (QED) is 0.801. The third kappa shape index (κ3) is 2.48. The Balaban J connectivity index is 2.26. The fourth-order valence-electron chi connectivity index (χ4n) is 2.45. The van der Waals surface area contributed by atoms with Crippen molar-refractivity contribution in [3.8, 4) is 17.0 Å². The highest BCUT2D eigenvalue weighted by Gasteiger charge is 2.14. The third-order valence-corrected chi connectivity index (χ3v) is 3.38. The maximum absolute atomic E-state index is 13.6. The molecule has 2 heterocycles. The zero-order chi connectivity index (χ0) is 14.8. The van der Waals surface area contributed by atoms with Crippen LogP contribution in [0.25, 0.3) is 16.9 Å². The lowest BCUT2D eigenvalue weighted by molar-refractivity contribution is 0.415. The first kappa shape index (κ1) is 13.6. The molecule has 21 heavy (non-hydrogen) atoms. The molecule has 0 saturated heterocycles. The largest absolute Gasteiger partial charge is 0.497 e. The number of halogens is 1. The predicted molar refractivity (Wildman–Crippen MR) is 79.9 cm³/mol. The number of nitrogens with two attached hydrogens (primary N) is 1. The lowest BCUT2D eigenvalue weighted by Crippen LogP contribution is -2.04. The van der Waals surface area contributed by atoms with E-state index in [-0.39, 0.29) is 5.82 Å². The molecule has 0 fully saturated rings. The van der Waals surface area contributed by atoms with Gasteiger partial charge < -0.3 is 10.5 Å².